The summed E-state index contributed by atoms with van der Waals surface area (Å²) < 4.78 is 5.76. The van der Waals surface area contributed by atoms with Crippen molar-refractivity contribution in [3.8, 4) is 5.75 Å². The number of amides is 3. The van der Waals surface area contributed by atoms with E-state index in [0.29, 0.717) is 17.9 Å². The lowest BCUT2D eigenvalue weighted by Gasteiger charge is -2.29. The molecule has 2 aliphatic rings. The monoisotopic (exact) mass is 452 g/mol. The molecule has 8 nitrogen and oxygen atoms in total. The number of carbonyl (C=O) groups excluding carboxylic acids is 3. The maximum atomic E-state index is 14.0. The van der Waals surface area contributed by atoms with Crippen molar-refractivity contribution in [1.29, 1.82) is 0 Å². The summed E-state index contributed by atoms with van der Waals surface area (Å²) in [5, 5.41) is 8.30. The molecule has 2 aliphatic heterocycles. The number of aryl methyl sites for hydroxylation is 1. The fourth-order valence-electron chi connectivity index (χ4n) is 4.10. The SMILES string of the molecule is CCOc1ccccc1CN1C(=O)C2(SC(NC(C)=O)=NN2C(C)=O)c2cccc(C)c21. The summed E-state index contributed by atoms with van der Waals surface area (Å²) in [6.07, 6.45) is 0. The molecule has 1 spiro atoms. The molecule has 2 aromatic rings. The van der Waals surface area contributed by atoms with E-state index in [0.717, 1.165) is 28.6 Å². The predicted octanol–water partition coefficient (Wildman–Crippen LogP) is 3.10. The van der Waals surface area contributed by atoms with Gasteiger partial charge in [0.15, 0.2) is 5.17 Å². The number of fused-ring (bicyclic) bond motifs is 2. The number of thioether (sulfide) groups is 1. The van der Waals surface area contributed by atoms with E-state index in [-0.39, 0.29) is 23.5 Å². The van der Waals surface area contributed by atoms with Gasteiger partial charge < -0.3 is 15.0 Å². The van der Waals surface area contributed by atoms with Gasteiger partial charge in [0, 0.05) is 25.0 Å². The highest BCUT2D eigenvalue weighted by molar-refractivity contribution is 8.15. The van der Waals surface area contributed by atoms with E-state index < -0.39 is 10.8 Å². The normalized spacial score (nSPS) is 19.2. The van der Waals surface area contributed by atoms with Crippen molar-refractivity contribution in [3.05, 3.63) is 59.2 Å². The van der Waals surface area contributed by atoms with Crippen LogP contribution in [-0.4, -0.2) is 34.5 Å². The number of rotatable bonds is 4. The molecule has 166 valence electrons. The average Bonchev–Trinajstić information content (AvgIpc) is 3.22. The van der Waals surface area contributed by atoms with Gasteiger partial charge in [-0.2, -0.15) is 5.01 Å². The average molecular weight is 453 g/mol. The lowest BCUT2D eigenvalue weighted by molar-refractivity contribution is -0.139. The number of nitrogens with one attached hydrogen (secondary N) is 1. The van der Waals surface area contributed by atoms with Crippen molar-refractivity contribution < 1.29 is 19.1 Å². The third kappa shape index (κ3) is 3.42. The summed E-state index contributed by atoms with van der Waals surface area (Å²) >= 11 is 1.07. The van der Waals surface area contributed by atoms with E-state index in [1.165, 1.54) is 18.9 Å². The first kappa shape index (κ1) is 21.9. The van der Waals surface area contributed by atoms with Crippen molar-refractivity contribution >= 4 is 40.3 Å². The van der Waals surface area contributed by atoms with E-state index in [2.05, 4.69) is 10.4 Å². The van der Waals surface area contributed by atoms with Crippen molar-refractivity contribution in [2.24, 2.45) is 5.10 Å². The highest BCUT2D eigenvalue weighted by Gasteiger charge is 2.61. The number of ether oxygens (including phenoxy) is 1. The topological polar surface area (TPSA) is 91.3 Å². The Balaban J connectivity index is 1.83. The van der Waals surface area contributed by atoms with Gasteiger partial charge in [0.2, 0.25) is 16.7 Å². The van der Waals surface area contributed by atoms with Gasteiger partial charge in [-0.15, -0.1) is 5.10 Å². The van der Waals surface area contributed by atoms with Crippen molar-refractivity contribution in [2.45, 2.75) is 39.1 Å². The Hall–Kier alpha value is -3.33. The van der Waals surface area contributed by atoms with Crippen LogP contribution in [0.3, 0.4) is 0 Å². The number of benzene rings is 2. The van der Waals surface area contributed by atoms with Gasteiger partial charge in [0.1, 0.15) is 5.75 Å². The van der Waals surface area contributed by atoms with Crippen molar-refractivity contribution in [1.82, 2.24) is 10.3 Å². The summed E-state index contributed by atoms with van der Waals surface area (Å²) in [6, 6.07) is 13.2. The smallest absolute Gasteiger partial charge is 0.271 e. The van der Waals surface area contributed by atoms with Crippen LogP contribution in [0.1, 0.15) is 37.5 Å². The third-order valence-corrected chi connectivity index (χ3v) is 6.56. The van der Waals surface area contributed by atoms with Gasteiger partial charge in [-0.05, 0) is 37.2 Å². The molecule has 0 saturated heterocycles. The van der Waals surface area contributed by atoms with Crippen molar-refractivity contribution in [3.63, 3.8) is 0 Å². The fourth-order valence-corrected chi connectivity index (χ4v) is 5.43. The maximum Gasteiger partial charge on any atom is 0.271 e. The Kier molecular flexibility index (Phi) is 5.68. The zero-order chi connectivity index (χ0) is 23.0. The molecule has 0 radical (unpaired) electrons. The number of hydrogen-bond donors (Lipinski definition) is 1. The van der Waals surface area contributed by atoms with Gasteiger partial charge >= 0.3 is 0 Å². The predicted molar refractivity (Wildman–Crippen MR) is 123 cm³/mol. The molecule has 4 rings (SSSR count). The van der Waals surface area contributed by atoms with Gasteiger partial charge in [-0.1, -0.05) is 36.4 Å². The van der Waals surface area contributed by atoms with Crippen LogP contribution in [0.25, 0.3) is 0 Å². The van der Waals surface area contributed by atoms with Crippen LogP contribution in [-0.2, 0) is 25.8 Å². The lowest BCUT2D eigenvalue weighted by atomic mass is 10.0. The Morgan fingerprint density at radius 3 is 2.59 bits per heavy atom. The molecule has 0 bridgehead atoms. The van der Waals surface area contributed by atoms with Gasteiger partial charge in [0.25, 0.3) is 5.91 Å². The van der Waals surface area contributed by atoms with Gasteiger partial charge in [-0.25, -0.2) is 0 Å². The fraction of sp³-hybridized carbons (Fsp3) is 0.304. The molecule has 1 N–H and O–H groups in total. The van der Waals surface area contributed by atoms with Crippen LogP contribution in [0.4, 0.5) is 5.69 Å². The lowest BCUT2D eigenvalue weighted by Crippen LogP contribution is -2.48. The minimum absolute atomic E-state index is 0.213. The van der Waals surface area contributed by atoms with E-state index in [1.807, 2.05) is 56.3 Å². The summed E-state index contributed by atoms with van der Waals surface area (Å²) in [5.41, 5.74) is 3.16. The summed E-state index contributed by atoms with van der Waals surface area (Å²) in [4.78, 5) is 38.5. The molecular weight excluding hydrogens is 428 g/mol. The zero-order valence-electron chi connectivity index (χ0n) is 18.3. The Bertz CT molecular complexity index is 1150. The van der Waals surface area contributed by atoms with Crippen LogP contribution in [0.15, 0.2) is 47.6 Å². The van der Waals surface area contributed by atoms with Crippen LogP contribution in [0.5, 0.6) is 5.75 Å². The molecule has 0 aliphatic carbocycles. The Morgan fingerprint density at radius 2 is 1.91 bits per heavy atom. The summed E-state index contributed by atoms with van der Waals surface area (Å²) in [7, 11) is 0. The van der Waals surface area contributed by atoms with E-state index in [1.54, 1.807) is 4.90 Å². The van der Waals surface area contributed by atoms with E-state index >= 15 is 0 Å². The first-order valence-electron chi connectivity index (χ1n) is 10.3. The number of hydrazone groups is 1. The Labute approximate surface area is 190 Å². The Morgan fingerprint density at radius 1 is 1.16 bits per heavy atom. The minimum atomic E-state index is -1.41. The number of hydrogen-bond acceptors (Lipinski definition) is 6. The molecule has 3 amide bonds. The number of carbonyl (C=O) groups is 3. The highest BCUT2D eigenvalue weighted by Crippen LogP contribution is 2.55. The first-order chi connectivity index (χ1) is 15.3. The summed E-state index contributed by atoms with van der Waals surface area (Å²) in [6.45, 7) is 7.34. The standard InChI is InChI=1S/C23H24N4O4S/c1-5-31-19-12-7-6-10-17(19)13-26-20-14(2)9-8-11-18(20)23(21(26)30)27(16(4)29)25-22(32-23)24-15(3)28/h6-12H,5,13H2,1-4H3,(H,24,25,28). The molecule has 1 unspecified atom stereocenters. The van der Waals surface area contributed by atoms with E-state index in [9.17, 15) is 14.4 Å². The highest BCUT2D eigenvalue weighted by atomic mass is 32.2. The van der Waals surface area contributed by atoms with Crippen molar-refractivity contribution in [2.75, 3.05) is 11.5 Å². The number of para-hydroxylation sites is 2. The molecule has 1 atom stereocenters. The molecule has 2 heterocycles. The quantitative estimate of drug-likeness (QED) is 0.770. The first-order valence-corrected chi connectivity index (χ1v) is 11.1. The molecule has 32 heavy (non-hydrogen) atoms. The molecule has 0 fully saturated rings. The molecule has 0 aromatic heterocycles. The second kappa shape index (κ2) is 8.31. The zero-order valence-corrected chi connectivity index (χ0v) is 19.2. The van der Waals surface area contributed by atoms with Gasteiger partial charge in [-0.3, -0.25) is 14.4 Å². The minimum Gasteiger partial charge on any atom is -0.494 e. The second-order valence-electron chi connectivity index (χ2n) is 7.57. The van der Waals surface area contributed by atoms with Crippen LogP contribution >= 0.6 is 11.8 Å². The van der Waals surface area contributed by atoms with E-state index in [4.69, 9.17) is 4.74 Å². The largest absolute Gasteiger partial charge is 0.494 e. The molecule has 2 aromatic carbocycles. The summed E-state index contributed by atoms with van der Waals surface area (Å²) in [5.74, 6) is -0.307. The maximum absolute atomic E-state index is 14.0. The van der Waals surface area contributed by atoms with Gasteiger partial charge in [0.05, 0.1) is 18.8 Å². The molecule has 9 heteroatoms. The van der Waals surface area contributed by atoms with Crippen LogP contribution < -0.4 is 15.0 Å². The number of nitrogens with zero attached hydrogens (tertiary/aromatic N) is 3. The molecule has 0 saturated carbocycles. The van der Waals surface area contributed by atoms with Crippen LogP contribution in [0, 0.1) is 6.92 Å². The third-order valence-electron chi connectivity index (χ3n) is 5.32. The second-order valence-corrected chi connectivity index (χ2v) is 8.75. The number of amidine groups is 1. The number of anilines is 1. The van der Waals surface area contributed by atoms with Crippen LogP contribution in [0.2, 0.25) is 0 Å². The molecular formula is C23H24N4O4S.